The Bertz CT molecular complexity index is 1260. The van der Waals surface area contributed by atoms with E-state index in [1.54, 1.807) is 19.2 Å². The first kappa shape index (κ1) is 17.2. The van der Waals surface area contributed by atoms with Gasteiger partial charge < -0.3 is 0 Å². The average molecular weight is 381 g/mol. The van der Waals surface area contributed by atoms with Gasteiger partial charge in [-0.3, -0.25) is 19.4 Å². The first-order valence-electron chi connectivity index (χ1n) is 8.09. The molecule has 0 saturated heterocycles. The Morgan fingerprint density at radius 3 is 2.52 bits per heavy atom. The van der Waals surface area contributed by atoms with Crippen molar-refractivity contribution in [3.05, 3.63) is 75.7 Å². The topological polar surface area (TPSA) is 105 Å². The lowest BCUT2D eigenvalue weighted by Crippen LogP contribution is -2.16. The first-order chi connectivity index (χ1) is 12.8. The Labute approximate surface area is 155 Å². The van der Waals surface area contributed by atoms with Gasteiger partial charge in [-0.15, -0.1) is 0 Å². The minimum Gasteiger partial charge on any atom is -0.295 e. The van der Waals surface area contributed by atoms with Gasteiger partial charge in [0.2, 0.25) is 0 Å². The molecule has 2 N–H and O–H groups in total. The summed E-state index contributed by atoms with van der Waals surface area (Å²) in [5.41, 5.74) is 4.02. The van der Waals surface area contributed by atoms with E-state index in [0.29, 0.717) is 16.9 Å². The van der Waals surface area contributed by atoms with Crippen molar-refractivity contribution in [3.8, 4) is 5.69 Å². The first-order valence-corrected chi connectivity index (χ1v) is 9.53. The molecule has 0 spiro atoms. The number of aromatic amines is 1. The minimum atomic E-state index is -4.28. The largest absolute Gasteiger partial charge is 0.295 e. The minimum absolute atomic E-state index is 0.233. The molecule has 136 valence electrons. The van der Waals surface area contributed by atoms with Crippen molar-refractivity contribution < 1.29 is 13.0 Å². The number of allylic oxidation sites excluding steroid dienone is 1. The summed E-state index contributed by atoms with van der Waals surface area (Å²) < 4.78 is 32.7. The van der Waals surface area contributed by atoms with Crippen molar-refractivity contribution in [3.63, 3.8) is 0 Å². The number of aromatic nitrogens is 2. The lowest BCUT2D eigenvalue weighted by Gasteiger charge is -2.02. The van der Waals surface area contributed by atoms with Gasteiger partial charge in [-0.2, -0.15) is 8.42 Å². The normalized spacial score (nSPS) is 14.7. The zero-order valence-electron chi connectivity index (χ0n) is 14.2. The molecule has 4 rings (SSSR count). The highest BCUT2D eigenvalue weighted by atomic mass is 32.2. The van der Waals surface area contributed by atoms with Crippen LogP contribution in [0.5, 0.6) is 0 Å². The summed E-state index contributed by atoms with van der Waals surface area (Å²) in [6.07, 6.45) is 3.51. The SMILES string of the molecule is Cc1[nH]n(-c2ccc(S(=O)(=O)O)cc2)c(=O)c1C=C1C=Nc2ccccc21. The number of benzene rings is 2. The van der Waals surface area contributed by atoms with Crippen LogP contribution in [-0.4, -0.2) is 29.0 Å². The number of aliphatic imine (C=N–C) groups is 1. The zero-order chi connectivity index (χ0) is 19.2. The van der Waals surface area contributed by atoms with Gasteiger partial charge >= 0.3 is 0 Å². The molecule has 1 aliphatic rings. The molecule has 0 fully saturated rings. The number of hydrogen-bond donors (Lipinski definition) is 2. The Morgan fingerprint density at radius 2 is 1.81 bits per heavy atom. The predicted octanol–water partition coefficient (Wildman–Crippen LogP) is 2.98. The van der Waals surface area contributed by atoms with Crippen LogP contribution >= 0.6 is 0 Å². The molecule has 1 aromatic heterocycles. The standard InChI is InChI=1S/C19H15N3O4S/c1-12-17(10-13-11-20-18-5-3-2-4-16(13)18)19(23)22(21-12)14-6-8-15(9-7-14)27(24,25)26/h2-11,21H,1H3,(H,24,25,26). The Hall–Kier alpha value is -3.23. The van der Waals surface area contributed by atoms with Crippen LogP contribution in [-0.2, 0) is 10.1 Å². The van der Waals surface area contributed by atoms with Crippen molar-refractivity contribution in [1.82, 2.24) is 9.78 Å². The fourth-order valence-corrected chi connectivity index (χ4v) is 3.47. The smallest absolute Gasteiger partial charge is 0.294 e. The highest BCUT2D eigenvalue weighted by molar-refractivity contribution is 7.85. The molecule has 0 aliphatic carbocycles. The predicted molar refractivity (Wildman–Crippen MR) is 103 cm³/mol. The lowest BCUT2D eigenvalue weighted by molar-refractivity contribution is 0.483. The number of fused-ring (bicyclic) bond motifs is 1. The van der Waals surface area contributed by atoms with Gasteiger partial charge in [0.25, 0.3) is 15.7 Å². The van der Waals surface area contributed by atoms with Crippen LogP contribution in [0.1, 0.15) is 16.8 Å². The fourth-order valence-electron chi connectivity index (χ4n) is 2.99. The second-order valence-electron chi connectivity index (χ2n) is 6.14. The second kappa shape index (κ2) is 6.19. The van der Waals surface area contributed by atoms with E-state index in [9.17, 15) is 13.2 Å². The molecule has 7 nitrogen and oxygen atoms in total. The maximum absolute atomic E-state index is 12.8. The van der Waals surface area contributed by atoms with E-state index in [1.165, 1.54) is 28.9 Å². The third-order valence-electron chi connectivity index (χ3n) is 4.37. The average Bonchev–Trinajstić information content (AvgIpc) is 3.17. The molecule has 0 amide bonds. The third kappa shape index (κ3) is 3.05. The highest BCUT2D eigenvalue weighted by Crippen LogP contribution is 2.32. The van der Waals surface area contributed by atoms with Gasteiger partial charge in [0, 0.05) is 23.0 Å². The van der Waals surface area contributed by atoms with Crippen molar-refractivity contribution >= 4 is 33.7 Å². The van der Waals surface area contributed by atoms with Crippen LogP contribution in [0.15, 0.2) is 63.2 Å². The lowest BCUT2D eigenvalue weighted by atomic mass is 10.0. The number of rotatable bonds is 3. The maximum atomic E-state index is 12.8. The number of para-hydroxylation sites is 1. The van der Waals surface area contributed by atoms with E-state index < -0.39 is 10.1 Å². The van der Waals surface area contributed by atoms with Crippen LogP contribution in [0, 0.1) is 6.92 Å². The van der Waals surface area contributed by atoms with Gasteiger partial charge in [0.1, 0.15) is 0 Å². The highest BCUT2D eigenvalue weighted by Gasteiger charge is 2.16. The van der Waals surface area contributed by atoms with Gasteiger partial charge in [-0.25, -0.2) is 4.68 Å². The fraction of sp³-hybridized carbons (Fsp3) is 0.0526. The summed E-state index contributed by atoms with van der Waals surface area (Å²) in [7, 11) is -4.28. The van der Waals surface area contributed by atoms with Crippen LogP contribution < -0.4 is 5.56 Å². The molecule has 0 atom stereocenters. The molecular formula is C19H15N3O4S. The molecule has 0 unspecified atom stereocenters. The van der Waals surface area contributed by atoms with Crippen LogP contribution in [0.3, 0.4) is 0 Å². The summed E-state index contributed by atoms with van der Waals surface area (Å²) in [5, 5.41) is 2.99. The van der Waals surface area contributed by atoms with Gasteiger partial charge in [0.15, 0.2) is 0 Å². The number of aryl methyl sites for hydroxylation is 1. The van der Waals surface area contributed by atoms with E-state index in [1.807, 2.05) is 24.3 Å². The molecule has 0 bridgehead atoms. The number of hydrogen-bond acceptors (Lipinski definition) is 4. The van der Waals surface area contributed by atoms with Crippen LogP contribution in [0.4, 0.5) is 5.69 Å². The van der Waals surface area contributed by atoms with Crippen molar-refractivity contribution in [2.45, 2.75) is 11.8 Å². The number of nitrogens with zero attached hydrogens (tertiary/aromatic N) is 2. The summed E-state index contributed by atoms with van der Waals surface area (Å²) in [6.45, 7) is 1.79. The molecule has 0 radical (unpaired) electrons. The second-order valence-corrected chi connectivity index (χ2v) is 7.56. The van der Waals surface area contributed by atoms with Crippen molar-refractivity contribution in [2.24, 2.45) is 4.99 Å². The van der Waals surface area contributed by atoms with Crippen LogP contribution in [0.25, 0.3) is 17.3 Å². The summed E-state index contributed by atoms with van der Waals surface area (Å²) in [6, 6.07) is 13.1. The number of nitrogens with one attached hydrogen (secondary N) is 1. The molecule has 27 heavy (non-hydrogen) atoms. The molecule has 8 heteroatoms. The molecule has 2 heterocycles. The number of H-pyrrole nitrogens is 1. The molecule has 2 aromatic carbocycles. The molecule has 1 aliphatic heterocycles. The van der Waals surface area contributed by atoms with E-state index in [2.05, 4.69) is 10.1 Å². The zero-order valence-corrected chi connectivity index (χ0v) is 15.1. The van der Waals surface area contributed by atoms with E-state index in [0.717, 1.165) is 16.8 Å². The monoisotopic (exact) mass is 381 g/mol. The Morgan fingerprint density at radius 1 is 1.11 bits per heavy atom. The van der Waals surface area contributed by atoms with E-state index >= 15 is 0 Å². The van der Waals surface area contributed by atoms with Crippen LogP contribution in [0.2, 0.25) is 0 Å². The summed E-state index contributed by atoms with van der Waals surface area (Å²) in [5.74, 6) is 0. The molecule has 3 aromatic rings. The summed E-state index contributed by atoms with van der Waals surface area (Å²) >= 11 is 0. The Kier molecular flexibility index (Phi) is 3.94. The summed E-state index contributed by atoms with van der Waals surface area (Å²) in [4.78, 5) is 17.0. The third-order valence-corrected chi connectivity index (χ3v) is 5.24. The molecular weight excluding hydrogens is 366 g/mol. The van der Waals surface area contributed by atoms with Gasteiger partial charge in [-0.1, -0.05) is 18.2 Å². The van der Waals surface area contributed by atoms with Gasteiger partial charge in [0.05, 0.1) is 21.8 Å². The van der Waals surface area contributed by atoms with Crippen molar-refractivity contribution in [1.29, 1.82) is 0 Å². The molecule has 0 saturated carbocycles. The quantitative estimate of drug-likeness (QED) is 0.681. The van der Waals surface area contributed by atoms with E-state index in [-0.39, 0.29) is 10.5 Å². The van der Waals surface area contributed by atoms with Crippen molar-refractivity contribution in [2.75, 3.05) is 0 Å². The van der Waals surface area contributed by atoms with Gasteiger partial charge in [-0.05, 0) is 43.3 Å². The maximum Gasteiger partial charge on any atom is 0.294 e. The Balaban J connectivity index is 1.77. The van der Waals surface area contributed by atoms with E-state index in [4.69, 9.17) is 4.55 Å².